The van der Waals surface area contributed by atoms with Crippen molar-refractivity contribution in [1.82, 2.24) is 4.90 Å². The Morgan fingerprint density at radius 2 is 2.00 bits per heavy atom. The largest absolute Gasteiger partial charge is 0.478 e. The smallest absolute Gasteiger partial charge is 0.335 e. The molecule has 0 bridgehead atoms. The molecule has 18 heavy (non-hydrogen) atoms. The van der Waals surface area contributed by atoms with Crippen molar-refractivity contribution in [3.8, 4) is 0 Å². The van der Waals surface area contributed by atoms with E-state index in [0.717, 1.165) is 37.5 Å². The summed E-state index contributed by atoms with van der Waals surface area (Å²) in [5.74, 6) is 0.0189. The Balaban J connectivity index is 1.92. The van der Waals surface area contributed by atoms with Gasteiger partial charge in [0.25, 0.3) is 0 Å². The molecule has 3 heteroatoms. The number of piperidine rings is 1. The van der Waals surface area contributed by atoms with Crippen molar-refractivity contribution in [3.05, 3.63) is 35.4 Å². The number of carbonyl (C=O) groups is 1. The van der Waals surface area contributed by atoms with Gasteiger partial charge in [-0.25, -0.2) is 4.79 Å². The zero-order valence-electron chi connectivity index (χ0n) is 10.9. The molecule has 0 saturated carbocycles. The zero-order chi connectivity index (χ0) is 13.0. The molecule has 0 spiro atoms. The summed E-state index contributed by atoms with van der Waals surface area (Å²) < 4.78 is 0. The Labute approximate surface area is 108 Å². The topological polar surface area (TPSA) is 40.5 Å². The van der Waals surface area contributed by atoms with E-state index in [1.807, 2.05) is 12.1 Å². The lowest BCUT2D eigenvalue weighted by Gasteiger charge is -2.30. The van der Waals surface area contributed by atoms with Gasteiger partial charge in [-0.2, -0.15) is 0 Å². The third-order valence-electron chi connectivity index (χ3n) is 3.82. The van der Waals surface area contributed by atoms with Crippen LogP contribution < -0.4 is 0 Å². The molecule has 0 aromatic heterocycles. The molecule has 1 aromatic carbocycles. The molecule has 0 aliphatic carbocycles. The van der Waals surface area contributed by atoms with E-state index in [0.29, 0.717) is 5.56 Å². The van der Waals surface area contributed by atoms with Crippen molar-refractivity contribution in [1.29, 1.82) is 0 Å². The Bertz CT molecular complexity index is 409. The first kappa shape index (κ1) is 13.1. The first-order chi connectivity index (χ1) is 8.66. The Morgan fingerprint density at radius 3 is 2.67 bits per heavy atom. The van der Waals surface area contributed by atoms with Gasteiger partial charge < -0.3 is 10.0 Å². The van der Waals surface area contributed by atoms with E-state index in [4.69, 9.17) is 5.11 Å². The van der Waals surface area contributed by atoms with E-state index in [2.05, 4.69) is 11.8 Å². The minimum absolute atomic E-state index is 0.447. The molecule has 0 atom stereocenters. The van der Waals surface area contributed by atoms with Crippen LogP contribution in [0, 0.1) is 5.92 Å². The van der Waals surface area contributed by atoms with E-state index in [9.17, 15) is 4.79 Å². The Morgan fingerprint density at radius 1 is 1.33 bits per heavy atom. The summed E-state index contributed by atoms with van der Waals surface area (Å²) in [6, 6.07) is 7.32. The van der Waals surface area contributed by atoms with Crippen LogP contribution in [-0.2, 0) is 6.42 Å². The summed E-state index contributed by atoms with van der Waals surface area (Å²) in [6.45, 7) is 5.57. The number of likely N-dealkylation sites (tertiary alicyclic amines) is 1. The first-order valence-electron chi connectivity index (χ1n) is 6.70. The van der Waals surface area contributed by atoms with Crippen LogP contribution in [0.3, 0.4) is 0 Å². The lowest BCUT2D eigenvalue weighted by molar-refractivity contribution is 0.0695. The number of hydrogen-bond donors (Lipinski definition) is 1. The Hall–Kier alpha value is -1.35. The first-order valence-corrected chi connectivity index (χ1v) is 6.70. The van der Waals surface area contributed by atoms with Crippen LogP contribution in [0.2, 0.25) is 0 Å². The average molecular weight is 247 g/mol. The molecule has 1 aliphatic heterocycles. The van der Waals surface area contributed by atoms with E-state index < -0.39 is 5.97 Å². The maximum absolute atomic E-state index is 11.1. The molecule has 0 amide bonds. The van der Waals surface area contributed by atoms with Crippen LogP contribution in [0.25, 0.3) is 0 Å². The van der Waals surface area contributed by atoms with Gasteiger partial charge in [0.1, 0.15) is 0 Å². The van der Waals surface area contributed by atoms with Gasteiger partial charge in [-0.1, -0.05) is 25.1 Å². The SMILES string of the molecule is CC1CCN(CCc2ccccc2C(=O)O)CC1. The highest BCUT2D eigenvalue weighted by molar-refractivity contribution is 5.89. The summed E-state index contributed by atoms with van der Waals surface area (Å²) >= 11 is 0. The van der Waals surface area contributed by atoms with Gasteiger partial charge in [0.15, 0.2) is 0 Å². The zero-order valence-corrected chi connectivity index (χ0v) is 10.9. The van der Waals surface area contributed by atoms with Crippen LogP contribution in [0.4, 0.5) is 0 Å². The second-order valence-corrected chi connectivity index (χ2v) is 5.24. The fourth-order valence-electron chi connectivity index (χ4n) is 2.51. The molecular formula is C15H21NO2. The molecular weight excluding hydrogens is 226 g/mol. The average Bonchev–Trinajstić information content (AvgIpc) is 2.38. The summed E-state index contributed by atoms with van der Waals surface area (Å²) in [5, 5.41) is 9.12. The van der Waals surface area contributed by atoms with Crippen molar-refractivity contribution >= 4 is 5.97 Å². The lowest BCUT2D eigenvalue weighted by atomic mass is 9.98. The Kier molecular flexibility index (Phi) is 4.37. The normalized spacial score (nSPS) is 17.8. The molecule has 98 valence electrons. The number of hydrogen-bond acceptors (Lipinski definition) is 2. The standard InChI is InChI=1S/C15H21NO2/c1-12-6-9-16(10-7-12)11-8-13-4-2-3-5-14(13)15(17)18/h2-5,12H,6-11H2,1H3,(H,17,18). The number of benzene rings is 1. The molecule has 0 radical (unpaired) electrons. The van der Waals surface area contributed by atoms with Gasteiger partial charge in [-0.05, 0) is 49.9 Å². The van der Waals surface area contributed by atoms with Crippen molar-refractivity contribution in [3.63, 3.8) is 0 Å². The summed E-state index contributed by atoms with van der Waals surface area (Å²) in [7, 11) is 0. The van der Waals surface area contributed by atoms with E-state index >= 15 is 0 Å². The van der Waals surface area contributed by atoms with Gasteiger partial charge in [-0.3, -0.25) is 0 Å². The third-order valence-corrected chi connectivity index (χ3v) is 3.82. The van der Waals surface area contributed by atoms with Crippen LogP contribution in [0.1, 0.15) is 35.7 Å². The second-order valence-electron chi connectivity index (χ2n) is 5.24. The lowest BCUT2D eigenvalue weighted by Crippen LogP contribution is -2.34. The van der Waals surface area contributed by atoms with Crippen LogP contribution in [-0.4, -0.2) is 35.6 Å². The molecule has 3 nitrogen and oxygen atoms in total. The van der Waals surface area contributed by atoms with Crippen molar-refractivity contribution in [2.24, 2.45) is 5.92 Å². The van der Waals surface area contributed by atoms with Gasteiger partial charge in [-0.15, -0.1) is 0 Å². The van der Waals surface area contributed by atoms with Crippen molar-refractivity contribution in [2.75, 3.05) is 19.6 Å². The number of rotatable bonds is 4. The molecule has 1 saturated heterocycles. The summed E-state index contributed by atoms with van der Waals surface area (Å²) in [5.41, 5.74) is 1.39. The highest BCUT2D eigenvalue weighted by Crippen LogP contribution is 2.17. The number of carboxylic acid groups (broad SMARTS) is 1. The molecule has 2 rings (SSSR count). The molecule has 0 unspecified atom stereocenters. The predicted molar refractivity (Wildman–Crippen MR) is 71.9 cm³/mol. The highest BCUT2D eigenvalue weighted by Gasteiger charge is 2.16. The maximum Gasteiger partial charge on any atom is 0.335 e. The second kappa shape index (κ2) is 6.01. The monoisotopic (exact) mass is 247 g/mol. The van der Waals surface area contributed by atoms with Gasteiger partial charge in [0.05, 0.1) is 5.56 Å². The molecule has 1 heterocycles. The number of carboxylic acids is 1. The van der Waals surface area contributed by atoms with E-state index in [1.165, 1.54) is 12.8 Å². The van der Waals surface area contributed by atoms with Gasteiger partial charge >= 0.3 is 5.97 Å². The van der Waals surface area contributed by atoms with Gasteiger partial charge in [0.2, 0.25) is 0 Å². The van der Waals surface area contributed by atoms with Crippen LogP contribution in [0.15, 0.2) is 24.3 Å². The van der Waals surface area contributed by atoms with Crippen molar-refractivity contribution < 1.29 is 9.90 Å². The number of aromatic carboxylic acids is 1. The van der Waals surface area contributed by atoms with Gasteiger partial charge in [0, 0.05) is 6.54 Å². The summed E-state index contributed by atoms with van der Waals surface area (Å²) in [6.07, 6.45) is 3.36. The van der Waals surface area contributed by atoms with E-state index in [-0.39, 0.29) is 0 Å². The summed E-state index contributed by atoms with van der Waals surface area (Å²) in [4.78, 5) is 13.5. The molecule has 1 fully saturated rings. The molecule has 1 N–H and O–H groups in total. The molecule has 1 aliphatic rings. The quantitative estimate of drug-likeness (QED) is 0.889. The molecule has 1 aromatic rings. The van der Waals surface area contributed by atoms with Crippen LogP contribution in [0.5, 0.6) is 0 Å². The maximum atomic E-state index is 11.1. The highest BCUT2D eigenvalue weighted by atomic mass is 16.4. The van der Waals surface area contributed by atoms with Crippen molar-refractivity contribution in [2.45, 2.75) is 26.2 Å². The fraction of sp³-hybridized carbons (Fsp3) is 0.533. The van der Waals surface area contributed by atoms with E-state index in [1.54, 1.807) is 12.1 Å². The fourth-order valence-corrected chi connectivity index (χ4v) is 2.51. The van der Waals surface area contributed by atoms with Crippen LogP contribution >= 0.6 is 0 Å². The minimum Gasteiger partial charge on any atom is -0.478 e. The third kappa shape index (κ3) is 3.33. The predicted octanol–water partition coefficient (Wildman–Crippen LogP) is 2.66. The number of nitrogens with zero attached hydrogens (tertiary/aromatic N) is 1. The minimum atomic E-state index is -0.821.